The second-order valence-corrected chi connectivity index (χ2v) is 3.36. The smallest absolute Gasteiger partial charge is 0.220 e. The standard InChI is InChI=1S/C11H21NO/c1-3-5-6-7-8-9-10(4-2)11(12)13/h3,5,10H,4,6-9H2,1-2H3,(H2,12,13). The van der Waals surface area contributed by atoms with Gasteiger partial charge in [0.15, 0.2) is 0 Å². The maximum Gasteiger partial charge on any atom is 0.220 e. The first-order chi connectivity index (χ1) is 6.22. The fourth-order valence-electron chi connectivity index (χ4n) is 1.37. The lowest BCUT2D eigenvalue weighted by Crippen LogP contribution is -2.22. The maximum absolute atomic E-state index is 10.9. The Labute approximate surface area is 81.2 Å². The molecule has 0 aliphatic rings. The highest BCUT2D eigenvalue weighted by Gasteiger charge is 2.11. The third kappa shape index (κ3) is 6.38. The number of amides is 1. The Bertz CT molecular complexity index is 163. The average molecular weight is 183 g/mol. The van der Waals surface area contributed by atoms with Crippen molar-refractivity contribution in [3.05, 3.63) is 12.2 Å². The number of nitrogens with two attached hydrogens (primary N) is 1. The molecule has 0 heterocycles. The molecule has 13 heavy (non-hydrogen) atoms. The summed E-state index contributed by atoms with van der Waals surface area (Å²) in [6.45, 7) is 4.04. The fraction of sp³-hybridized carbons (Fsp3) is 0.727. The van der Waals surface area contributed by atoms with Gasteiger partial charge in [0, 0.05) is 5.92 Å². The molecule has 0 aromatic rings. The molecule has 1 amide bonds. The van der Waals surface area contributed by atoms with Crippen molar-refractivity contribution in [2.24, 2.45) is 11.7 Å². The van der Waals surface area contributed by atoms with E-state index in [9.17, 15) is 4.79 Å². The van der Waals surface area contributed by atoms with Gasteiger partial charge in [0.2, 0.25) is 5.91 Å². The summed E-state index contributed by atoms with van der Waals surface area (Å²) in [6.07, 6.45) is 9.42. The van der Waals surface area contributed by atoms with E-state index in [1.165, 1.54) is 0 Å². The molecular formula is C11H21NO. The topological polar surface area (TPSA) is 43.1 Å². The summed E-state index contributed by atoms with van der Waals surface area (Å²) >= 11 is 0. The van der Waals surface area contributed by atoms with Gasteiger partial charge in [0.1, 0.15) is 0 Å². The molecule has 76 valence electrons. The number of carbonyl (C=O) groups excluding carboxylic acids is 1. The van der Waals surface area contributed by atoms with Crippen LogP contribution in [0, 0.1) is 5.92 Å². The Morgan fingerprint density at radius 2 is 2.15 bits per heavy atom. The molecule has 2 N–H and O–H groups in total. The van der Waals surface area contributed by atoms with Crippen LogP contribution in [0.5, 0.6) is 0 Å². The number of primary amides is 1. The van der Waals surface area contributed by atoms with Crippen LogP contribution in [0.25, 0.3) is 0 Å². The van der Waals surface area contributed by atoms with Crippen LogP contribution < -0.4 is 5.73 Å². The van der Waals surface area contributed by atoms with Gasteiger partial charge in [-0.25, -0.2) is 0 Å². The Kier molecular flexibility index (Phi) is 7.36. The Balaban J connectivity index is 3.44. The lowest BCUT2D eigenvalue weighted by molar-refractivity contribution is -0.122. The zero-order valence-corrected chi connectivity index (χ0v) is 8.75. The monoisotopic (exact) mass is 183 g/mol. The molecule has 2 nitrogen and oxygen atoms in total. The molecule has 2 heteroatoms. The second kappa shape index (κ2) is 7.84. The van der Waals surface area contributed by atoms with E-state index in [0.29, 0.717) is 0 Å². The number of carbonyl (C=O) groups is 1. The van der Waals surface area contributed by atoms with Crippen molar-refractivity contribution < 1.29 is 4.79 Å². The minimum atomic E-state index is -0.145. The summed E-state index contributed by atoms with van der Waals surface area (Å²) in [5, 5.41) is 0. The number of hydrogen-bond acceptors (Lipinski definition) is 1. The maximum atomic E-state index is 10.9. The lowest BCUT2D eigenvalue weighted by atomic mass is 9.98. The molecule has 0 spiro atoms. The summed E-state index contributed by atoms with van der Waals surface area (Å²) in [4.78, 5) is 10.9. The van der Waals surface area contributed by atoms with Crippen molar-refractivity contribution in [2.75, 3.05) is 0 Å². The van der Waals surface area contributed by atoms with Gasteiger partial charge in [-0.3, -0.25) is 4.79 Å². The summed E-state index contributed by atoms with van der Waals surface area (Å²) in [5.41, 5.74) is 5.24. The average Bonchev–Trinajstić information content (AvgIpc) is 2.10. The summed E-state index contributed by atoms with van der Waals surface area (Å²) < 4.78 is 0. The van der Waals surface area contributed by atoms with Crippen molar-refractivity contribution in [1.82, 2.24) is 0 Å². The van der Waals surface area contributed by atoms with Gasteiger partial charge >= 0.3 is 0 Å². The van der Waals surface area contributed by atoms with Gasteiger partial charge in [0.25, 0.3) is 0 Å². The number of rotatable bonds is 7. The SMILES string of the molecule is CC=CCCCCC(CC)C(N)=O. The quantitative estimate of drug-likeness (QED) is 0.478. The molecule has 0 saturated heterocycles. The van der Waals surface area contributed by atoms with Crippen molar-refractivity contribution in [3.63, 3.8) is 0 Å². The second-order valence-electron chi connectivity index (χ2n) is 3.36. The van der Waals surface area contributed by atoms with Crippen molar-refractivity contribution >= 4 is 5.91 Å². The highest BCUT2D eigenvalue weighted by molar-refractivity contribution is 5.76. The van der Waals surface area contributed by atoms with Crippen LogP contribution in [0.3, 0.4) is 0 Å². The van der Waals surface area contributed by atoms with Gasteiger partial charge < -0.3 is 5.73 Å². The van der Waals surface area contributed by atoms with E-state index < -0.39 is 0 Å². The van der Waals surface area contributed by atoms with Gasteiger partial charge in [-0.2, -0.15) is 0 Å². The normalized spacial score (nSPS) is 13.4. The summed E-state index contributed by atoms with van der Waals surface area (Å²) in [5.74, 6) is -0.0564. The van der Waals surface area contributed by atoms with Crippen LogP contribution >= 0.6 is 0 Å². The molecule has 1 atom stereocenters. The van der Waals surface area contributed by atoms with E-state index in [-0.39, 0.29) is 11.8 Å². The first-order valence-corrected chi connectivity index (χ1v) is 5.12. The van der Waals surface area contributed by atoms with Crippen molar-refractivity contribution in [3.8, 4) is 0 Å². The third-order valence-corrected chi connectivity index (χ3v) is 2.30. The Morgan fingerprint density at radius 3 is 2.62 bits per heavy atom. The fourth-order valence-corrected chi connectivity index (χ4v) is 1.37. The lowest BCUT2D eigenvalue weighted by Gasteiger charge is -2.09. The van der Waals surface area contributed by atoms with Crippen LogP contribution in [0.1, 0.15) is 46.0 Å². The van der Waals surface area contributed by atoms with Gasteiger partial charge in [-0.05, 0) is 32.6 Å². The molecule has 0 aromatic heterocycles. The van der Waals surface area contributed by atoms with Gasteiger partial charge in [-0.1, -0.05) is 25.5 Å². The molecule has 0 aromatic carbocycles. The third-order valence-electron chi connectivity index (χ3n) is 2.30. The van der Waals surface area contributed by atoms with Crippen LogP contribution in [0.15, 0.2) is 12.2 Å². The van der Waals surface area contributed by atoms with E-state index in [1.807, 2.05) is 13.8 Å². The molecule has 0 rings (SSSR count). The zero-order valence-electron chi connectivity index (χ0n) is 8.75. The van der Waals surface area contributed by atoms with Crippen LogP contribution in [-0.4, -0.2) is 5.91 Å². The van der Waals surface area contributed by atoms with E-state index in [4.69, 9.17) is 5.73 Å². The van der Waals surface area contributed by atoms with Crippen LogP contribution in [0.4, 0.5) is 0 Å². The van der Waals surface area contributed by atoms with Crippen LogP contribution in [-0.2, 0) is 4.79 Å². The van der Waals surface area contributed by atoms with E-state index >= 15 is 0 Å². The van der Waals surface area contributed by atoms with Gasteiger partial charge in [-0.15, -0.1) is 0 Å². The predicted molar refractivity (Wildman–Crippen MR) is 56.3 cm³/mol. The summed E-state index contributed by atoms with van der Waals surface area (Å²) in [6, 6.07) is 0. The summed E-state index contributed by atoms with van der Waals surface area (Å²) in [7, 11) is 0. The molecule has 0 aliphatic carbocycles. The molecule has 0 fully saturated rings. The molecule has 1 unspecified atom stereocenters. The number of hydrogen-bond donors (Lipinski definition) is 1. The largest absolute Gasteiger partial charge is 0.369 e. The molecule has 0 saturated carbocycles. The molecule has 0 aliphatic heterocycles. The zero-order chi connectivity index (χ0) is 10.1. The van der Waals surface area contributed by atoms with E-state index in [2.05, 4.69) is 12.2 Å². The van der Waals surface area contributed by atoms with E-state index in [0.717, 1.165) is 32.1 Å². The van der Waals surface area contributed by atoms with Crippen molar-refractivity contribution in [1.29, 1.82) is 0 Å². The Hall–Kier alpha value is -0.790. The molecule has 0 bridgehead atoms. The highest BCUT2D eigenvalue weighted by Crippen LogP contribution is 2.12. The van der Waals surface area contributed by atoms with Gasteiger partial charge in [0.05, 0.1) is 0 Å². The van der Waals surface area contributed by atoms with E-state index in [1.54, 1.807) is 0 Å². The number of allylic oxidation sites excluding steroid dienone is 2. The Morgan fingerprint density at radius 1 is 1.46 bits per heavy atom. The predicted octanol–water partition coefficient (Wildman–Crippen LogP) is 2.63. The molecular weight excluding hydrogens is 162 g/mol. The number of unbranched alkanes of at least 4 members (excludes halogenated alkanes) is 2. The minimum absolute atomic E-state index is 0.0885. The minimum Gasteiger partial charge on any atom is -0.369 e. The van der Waals surface area contributed by atoms with Crippen molar-refractivity contribution in [2.45, 2.75) is 46.0 Å². The molecule has 0 radical (unpaired) electrons. The first kappa shape index (κ1) is 12.2. The first-order valence-electron chi connectivity index (χ1n) is 5.12. The van der Waals surface area contributed by atoms with Crippen LogP contribution in [0.2, 0.25) is 0 Å². The highest BCUT2D eigenvalue weighted by atomic mass is 16.1.